The van der Waals surface area contributed by atoms with E-state index in [1.807, 2.05) is 17.0 Å². The van der Waals surface area contributed by atoms with Crippen molar-refractivity contribution in [2.45, 2.75) is 38.6 Å². The number of amides is 1. The molecule has 0 saturated carbocycles. The minimum atomic E-state index is -0.0807. The molecule has 1 aliphatic rings. The molecule has 1 aliphatic heterocycles. The minimum absolute atomic E-state index is 0.0807. The van der Waals surface area contributed by atoms with Crippen LogP contribution in [0.25, 0.3) is 0 Å². The van der Waals surface area contributed by atoms with Crippen LogP contribution in [-0.2, 0) is 6.54 Å². The van der Waals surface area contributed by atoms with E-state index in [0.29, 0.717) is 36.9 Å². The monoisotopic (exact) mass is 482 g/mol. The summed E-state index contributed by atoms with van der Waals surface area (Å²) in [5, 5.41) is 9.04. The van der Waals surface area contributed by atoms with Crippen LogP contribution in [0.4, 0.5) is 0 Å². The lowest BCUT2D eigenvalue weighted by molar-refractivity contribution is 0.0724. The van der Waals surface area contributed by atoms with Gasteiger partial charge in [0.25, 0.3) is 5.91 Å². The zero-order valence-electron chi connectivity index (χ0n) is 21.2. The summed E-state index contributed by atoms with van der Waals surface area (Å²) in [6.45, 7) is 5.44. The molecule has 1 aromatic heterocycles. The van der Waals surface area contributed by atoms with Crippen LogP contribution in [0.1, 0.15) is 57.9 Å². The Morgan fingerprint density at radius 1 is 1.06 bits per heavy atom. The molecular formula is C30H34N4O2. The van der Waals surface area contributed by atoms with Crippen LogP contribution in [-0.4, -0.2) is 54.0 Å². The Balaban J connectivity index is 1.58. The molecule has 4 rings (SSSR count). The van der Waals surface area contributed by atoms with E-state index < -0.39 is 0 Å². The highest BCUT2D eigenvalue weighted by Crippen LogP contribution is 2.27. The van der Waals surface area contributed by atoms with Gasteiger partial charge in [-0.2, -0.15) is 5.26 Å². The second-order valence-electron chi connectivity index (χ2n) is 9.57. The number of carbonyl (C=O) groups is 1. The summed E-state index contributed by atoms with van der Waals surface area (Å²) >= 11 is 0. The van der Waals surface area contributed by atoms with Crippen molar-refractivity contribution in [2.75, 3.05) is 33.3 Å². The molecule has 0 radical (unpaired) electrons. The van der Waals surface area contributed by atoms with Gasteiger partial charge in [0.05, 0.1) is 12.1 Å². The first-order chi connectivity index (χ1) is 17.5. The molecule has 0 fully saturated rings. The fourth-order valence-electron chi connectivity index (χ4n) is 4.80. The van der Waals surface area contributed by atoms with Crippen LogP contribution < -0.4 is 4.74 Å². The predicted molar refractivity (Wildman–Crippen MR) is 141 cm³/mol. The molecule has 6 nitrogen and oxygen atoms in total. The number of hydrogen-bond acceptors (Lipinski definition) is 5. The van der Waals surface area contributed by atoms with Gasteiger partial charge in [0.15, 0.2) is 0 Å². The van der Waals surface area contributed by atoms with Crippen LogP contribution >= 0.6 is 0 Å². The van der Waals surface area contributed by atoms with Gasteiger partial charge in [-0.3, -0.25) is 4.79 Å². The highest BCUT2D eigenvalue weighted by atomic mass is 16.5. The van der Waals surface area contributed by atoms with Gasteiger partial charge < -0.3 is 14.5 Å². The van der Waals surface area contributed by atoms with Crippen LogP contribution in [0, 0.1) is 18.3 Å². The van der Waals surface area contributed by atoms with Gasteiger partial charge >= 0.3 is 0 Å². The van der Waals surface area contributed by atoms with E-state index in [2.05, 4.69) is 66.3 Å². The Hall–Kier alpha value is -3.69. The molecule has 1 amide bonds. The lowest BCUT2D eigenvalue weighted by Gasteiger charge is -2.27. The summed E-state index contributed by atoms with van der Waals surface area (Å²) in [6.07, 6.45) is 4.45. The first-order valence-corrected chi connectivity index (χ1v) is 12.6. The smallest absolute Gasteiger partial charge is 0.255 e. The Bertz CT molecular complexity index is 1190. The topological polar surface area (TPSA) is 69.5 Å². The van der Waals surface area contributed by atoms with Gasteiger partial charge in [-0.05, 0) is 69.5 Å². The second-order valence-corrected chi connectivity index (χ2v) is 9.57. The maximum atomic E-state index is 13.4. The van der Waals surface area contributed by atoms with Crippen molar-refractivity contribution >= 4 is 5.91 Å². The summed E-state index contributed by atoms with van der Waals surface area (Å²) in [7, 11) is 2.17. The molecule has 2 aromatic carbocycles. The number of aryl methyl sites for hydroxylation is 1. The summed E-state index contributed by atoms with van der Waals surface area (Å²) in [4.78, 5) is 21.7. The fraction of sp³-hybridized carbons (Fsp3) is 0.367. The van der Waals surface area contributed by atoms with Crippen molar-refractivity contribution < 1.29 is 9.53 Å². The highest BCUT2D eigenvalue weighted by Gasteiger charge is 2.20. The Kier molecular flexibility index (Phi) is 8.70. The summed E-state index contributed by atoms with van der Waals surface area (Å²) in [5.41, 5.74) is 4.52. The van der Waals surface area contributed by atoms with Crippen LogP contribution in [0.5, 0.6) is 5.75 Å². The zero-order chi connectivity index (χ0) is 25.3. The zero-order valence-corrected chi connectivity index (χ0v) is 21.2. The molecule has 36 heavy (non-hydrogen) atoms. The molecule has 0 aliphatic carbocycles. The van der Waals surface area contributed by atoms with E-state index in [0.717, 1.165) is 38.1 Å². The van der Waals surface area contributed by atoms with Gasteiger partial charge in [-0.15, -0.1) is 0 Å². The third kappa shape index (κ3) is 6.71. The SMILES string of the molecule is Cc1ccc2c(c1)CN(C)CCC(c1ccccc1)CCCN(C(=O)c1ccc(C#N)nc1)CCO2. The third-order valence-electron chi connectivity index (χ3n) is 6.80. The number of ether oxygens (including phenoxy) is 1. The minimum Gasteiger partial charge on any atom is -0.491 e. The molecule has 2 heterocycles. The van der Waals surface area contributed by atoms with Crippen molar-refractivity contribution in [3.63, 3.8) is 0 Å². The number of pyridine rings is 1. The van der Waals surface area contributed by atoms with Crippen molar-refractivity contribution in [3.05, 3.63) is 94.8 Å². The molecule has 0 saturated heterocycles. The maximum absolute atomic E-state index is 13.4. The lowest BCUT2D eigenvalue weighted by Crippen LogP contribution is -2.36. The van der Waals surface area contributed by atoms with Crippen LogP contribution in [0.15, 0.2) is 66.9 Å². The van der Waals surface area contributed by atoms with Crippen molar-refractivity contribution in [1.29, 1.82) is 5.26 Å². The number of aromatic nitrogens is 1. The third-order valence-corrected chi connectivity index (χ3v) is 6.80. The molecular weight excluding hydrogens is 448 g/mol. The number of carbonyl (C=O) groups excluding carboxylic acids is 1. The molecule has 0 spiro atoms. The molecule has 0 N–H and O–H groups in total. The normalized spacial score (nSPS) is 17.8. The van der Waals surface area contributed by atoms with Crippen molar-refractivity contribution in [2.24, 2.45) is 0 Å². The van der Waals surface area contributed by atoms with Crippen LogP contribution in [0.3, 0.4) is 0 Å². The van der Waals surface area contributed by atoms with Crippen LogP contribution in [0.2, 0.25) is 0 Å². The number of nitrogens with zero attached hydrogens (tertiary/aromatic N) is 4. The van der Waals surface area contributed by atoms with Gasteiger partial charge in [0.1, 0.15) is 24.1 Å². The first kappa shape index (κ1) is 25.4. The predicted octanol–water partition coefficient (Wildman–Crippen LogP) is 5.18. The molecule has 1 unspecified atom stereocenters. The van der Waals surface area contributed by atoms with E-state index in [-0.39, 0.29) is 5.91 Å². The van der Waals surface area contributed by atoms with E-state index >= 15 is 0 Å². The Labute approximate surface area is 214 Å². The van der Waals surface area contributed by atoms with Crippen molar-refractivity contribution in [3.8, 4) is 11.8 Å². The van der Waals surface area contributed by atoms with Crippen molar-refractivity contribution in [1.82, 2.24) is 14.8 Å². The Morgan fingerprint density at radius 2 is 1.89 bits per heavy atom. The fourth-order valence-corrected chi connectivity index (χ4v) is 4.80. The molecule has 1 atom stereocenters. The van der Waals surface area contributed by atoms with E-state index in [4.69, 9.17) is 10.00 Å². The molecule has 0 bridgehead atoms. The molecule has 6 heteroatoms. The lowest BCUT2D eigenvalue weighted by atomic mass is 9.91. The van der Waals surface area contributed by atoms with Gasteiger partial charge in [0, 0.05) is 24.8 Å². The average Bonchev–Trinajstić information content (AvgIpc) is 2.90. The summed E-state index contributed by atoms with van der Waals surface area (Å²) in [5.74, 6) is 1.22. The molecule has 186 valence electrons. The maximum Gasteiger partial charge on any atom is 0.255 e. The standard InChI is InChI=1S/C30H34N4O2/c1-23-10-13-29-27(19-23)22-33(2)16-14-25(24-7-4-3-5-8-24)9-6-15-34(17-18-36-29)30(35)26-11-12-28(20-31)32-21-26/h3-5,7-8,10-13,19,21,25H,6,9,14-18,22H2,1-2H3. The molecule has 3 aromatic rings. The first-order valence-electron chi connectivity index (χ1n) is 12.6. The largest absolute Gasteiger partial charge is 0.491 e. The quantitative estimate of drug-likeness (QED) is 0.503. The highest BCUT2D eigenvalue weighted by molar-refractivity contribution is 5.94. The van der Waals surface area contributed by atoms with Gasteiger partial charge in [-0.25, -0.2) is 4.98 Å². The summed E-state index contributed by atoms with van der Waals surface area (Å²) < 4.78 is 6.20. The second kappa shape index (κ2) is 12.3. The van der Waals surface area contributed by atoms with Gasteiger partial charge in [0.2, 0.25) is 0 Å². The number of fused-ring (bicyclic) bond motifs is 1. The number of benzene rings is 2. The van der Waals surface area contributed by atoms with E-state index in [1.165, 1.54) is 22.9 Å². The van der Waals surface area contributed by atoms with Gasteiger partial charge in [-0.1, -0.05) is 48.0 Å². The number of nitriles is 1. The Morgan fingerprint density at radius 3 is 2.64 bits per heavy atom. The van der Waals surface area contributed by atoms with E-state index in [1.54, 1.807) is 12.1 Å². The number of rotatable bonds is 2. The average molecular weight is 483 g/mol. The summed E-state index contributed by atoms with van der Waals surface area (Å²) in [6, 6.07) is 22.3. The van der Waals surface area contributed by atoms with E-state index in [9.17, 15) is 4.79 Å². The number of hydrogen-bond donors (Lipinski definition) is 0.